The number of ether oxygens (including phenoxy) is 2. The van der Waals surface area contributed by atoms with Crippen LogP contribution in [0.4, 0.5) is 0 Å². The van der Waals surface area contributed by atoms with E-state index in [4.69, 9.17) is 13.7 Å². The molecule has 1 heterocycles. The number of fused-ring (bicyclic) bond motifs is 5. The fraction of sp³-hybridized carbons (Fsp3) is 0.938. The van der Waals surface area contributed by atoms with Crippen molar-refractivity contribution in [2.45, 2.75) is 134 Å². The average Bonchev–Trinajstić information content (AvgIpc) is 3.21. The normalized spacial score (nSPS) is 49.1. The van der Waals surface area contributed by atoms with Crippen molar-refractivity contribution >= 4 is 10.4 Å². The summed E-state index contributed by atoms with van der Waals surface area (Å²) in [6.45, 7) is 10.0. The molecule has 260 valence electrons. The molecular weight excluding hydrogens is 631 g/mol. The molecule has 14 heteroatoms. The van der Waals surface area contributed by atoms with E-state index in [2.05, 4.69) is 13.8 Å². The molecule has 5 aliphatic rings. The molecule has 1 saturated heterocycles. The number of hydrogen-bond acceptors (Lipinski definition) is 12. The number of allylic oxidation sites excluding steroid dienone is 1. The Kier molecular flexibility index (Phi) is 12.0. The summed E-state index contributed by atoms with van der Waals surface area (Å²) in [5.74, 6) is -1.00. The minimum atomic E-state index is -4.87. The summed E-state index contributed by atoms with van der Waals surface area (Å²) in [4.78, 5) is 0. The van der Waals surface area contributed by atoms with Crippen LogP contribution in [0.25, 0.3) is 0 Å². The molecule has 46 heavy (non-hydrogen) atoms. The third-order valence-corrected chi connectivity index (χ3v) is 13.1. The predicted octanol–water partition coefficient (Wildman–Crippen LogP) is -1.78. The van der Waals surface area contributed by atoms with Gasteiger partial charge in [0.25, 0.3) is 0 Å². The maximum absolute atomic E-state index is 12.6. The molecule has 0 aromatic rings. The molecule has 0 radical (unpaired) electrons. The zero-order valence-electron chi connectivity index (χ0n) is 27.9. The molecule has 0 spiro atoms. The summed E-state index contributed by atoms with van der Waals surface area (Å²) < 4.78 is 50.1. The van der Waals surface area contributed by atoms with Crippen molar-refractivity contribution in [1.82, 2.24) is 0 Å². The fourth-order valence-corrected chi connectivity index (χ4v) is 11.0. The van der Waals surface area contributed by atoms with Crippen LogP contribution in [0.2, 0.25) is 0 Å². The van der Waals surface area contributed by atoms with Gasteiger partial charge < -0.3 is 44.7 Å². The zero-order valence-corrected chi connectivity index (χ0v) is 30.8. The second-order valence-corrected chi connectivity index (χ2v) is 16.6. The van der Waals surface area contributed by atoms with Crippen molar-refractivity contribution in [3.8, 4) is 0 Å². The van der Waals surface area contributed by atoms with Crippen LogP contribution < -0.4 is 29.6 Å². The second-order valence-electron chi connectivity index (χ2n) is 15.6. The summed E-state index contributed by atoms with van der Waals surface area (Å²) >= 11 is 0. The standard InChI is InChI=1S/C32H54O12S.Na/c1-16(2)24(43-29-27(37)26(36)23(35)15-42-29)7-6-17(3)19-13-21(33)28-31(19,5)11-9-25-30(4)10-8-18(44-45(39,40)41)12-20(30)22(34)14-32(25,28)38;/h6-7,16-29,33-38H,8-15H2,1-5H3,(H,39,40,41);/q;+1/p-1/b7-6+;/t17-,18+,19-,20-,21+,22-,23-,24?,25-,26+,27-,28-,29+,30+,31-,32+;/m1./s1. The van der Waals surface area contributed by atoms with Gasteiger partial charge in [-0.2, -0.15) is 0 Å². The minimum Gasteiger partial charge on any atom is -0.726 e. The smallest absolute Gasteiger partial charge is 0.726 e. The van der Waals surface area contributed by atoms with E-state index >= 15 is 0 Å². The van der Waals surface area contributed by atoms with Gasteiger partial charge in [0.2, 0.25) is 10.4 Å². The Morgan fingerprint density at radius 1 is 0.913 bits per heavy atom. The quantitative estimate of drug-likeness (QED) is 0.0727. The van der Waals surface area contributed by atoms with Crippen molar-refractivity contribution in [1.29, 1.82) is 0 Å². The SMILES string of the molecule is CC(C)C(/C=C/[C@@H](C)[C@H]1C[C@H](O)[C@@H]2[C@]1(C)CC[C@@H]1[C@@]3(C)CC[C@H](OS(=O)(=O)[O-])C[C@@H]3[C@H](O)C[C@]12O)O[C@@H]1OC[C@@H](O)[C@H](O)[C@H]1O.[Na+]. The number of aliphatic hydroxyl groups excluding tert-OH is 5. The average molecular weight is 685 g/mol. The van der Waals surface area contributed by atoms with Gasteiger partial charge in [-0.05, 0) is 78.9 Å². The molecule has 6 N–H and O–H groups in total. The fourth-order valence-electron chi connectivity index (χ4n) is 10.5. The van der Waals surface area contributed by atoms with E-state index in [0.717, 1.165) is 6.42 Å². The van der Waals surface area contributed by atoms with Crippen LogP contribution in [-0.4, -0.2) is 105 Å². The molecule has 0 amide bonds. The number of rotatable bonds is 8. The van der Waals surface area contributed by atoms with Gasteiger partial charge in [0.1, 0.15) is 18.3 Å². The Labute approximate surface area is 295 Å². The monoisotopic (exact) mass is 684 g/mol. The van der Waals surface area contributed by atoms with Gasteiger partial charge >= 0.3 is 29.6 Å². The van der Waals surface area contributed by atoms with Crippen molar-refractivity contribution in [3.63, 3.8) is 0 Å². The van der Waals surface area contributed by atoms with Gasteiger partial charge in [-0.25, -0.2) is 8.42 Å². The van der Waals surface area contributed by atoms with Gasteiger partial charge in [-0.15, -0.1) is 0 Å². The van der Waals surface area contributed by atoms with Crippen LogP contribution >= 0.6 is 0 Å². The molecular formula is C32H53NaO12S. The summed E-state index contributed by atoms with van der Waals surface area (Å²) in [7, 11) is -4.87. The first-order valence-corrected chi connectivity index (χ1v) is 17.9. The Hall–Kier alpha value is 0.290. The molecule has 16 atom stereocenters. The van der Waals surface area contributed by atoms with Crippen molar-refractivity contribution in [2.75, 3.05) is 6.61 Å². The molecule has 4 saturated carbocycles. The number of hydrogen-bond donors (Lipinski definition) is 6. The predicted molar refractivity (Wildman–Crippen MR) is 160 cm³/mol. The minimum absolute atomic E-state index is 0. The first kappa shape index (κ1) is 39.1. The third-order valence-electron chi connectivity index (χ3n) is 12.6. The molecule has 5 fully saturated rings. The van der Waals surface area contributed by atoms with Crippen LogP contribution in [0.1, 0.15) is 79.6 Å². The summed E-state index contributed by atoms with van der Waals surface area (Å²) in [5, 5.41) is 65.8. The van der Waals surface area contributed by atoms with Gasteiger partial charge in [0.05, 0.1) is 36.6 Å². The molecule has 0 aromatic carbocycles. The largest absolute Gasteiger partial charge is 1.00 e. The topological polar surface area (TPSA) is 206 Å². The third kappa shape index (κ3) is 7.08. The van der Waals surface area contributed by atoms with Crippen LogP contribution in [-0.2, 0) is 24.1 Å². The summed E-state index contributed by atoms with van der Waals surface area (Å²) in [6.07, 6.45) is -0.978. The van der Waals surface area contributed by atoms with E-state index in [1.807, 2.05) is 32.9 Å². The first-order valence-electron chi connectivity index (χ1n) is 16.5. The molecule has 12 nitrogen and oxygen atoms in total. The summed E-state index contributed by atoms with van der Waals surface area (Å²) in [5.41, 5.74) is -2.26. The van der Waals surface area contributed by atoms with Crippen molar-refractivity contribution < 1.29 is 86.8 Å². The Bertz CT molecular complexity index is 1200. The van der Waals surface area contributed by atoms with E-state index in [1.165, 1.54) is 0 Å². The van der Waals surface area contributed by atoms with Crippen LogP contribution in [0.5, 0.6) is 0 Å². The summed E-state index contributed by atoms with van der Waals surface area (Å²) in [6, 6.07) is 0. The first-order chi connectivity index (χ1) is 20.8. The van der Waals surface area contributed by atoms with Crippen LogP contribution in [0, 0.1) is 46.3 Å². The van der Waals surface area contributed by atoms with Crippen LogP contribution in [0.3, 0.4) is 0 Å². The van der Waals surface area contributed by atoms with Crippen LogP contribution in [0.15, 0.2) is 12.2 Å². The maximum Gasteiger partial charge on any atom is 1.00 e. The Morgan fingerprint density at radius 2 is 1.57 bits per heavy atom. The van der Waals surface area contributed by atoms with Gasteiger partial charge in [-0.1, -0.05) is 46.8 Å². The van der Waals surface area contributed by atoms with Gasteiger partial charge in [0.15, 0.2) is 6.29 Å². The Morgan fingerprint density at radius 3 is 2.20 bits per heavy atom. The van der Waals surface area contributed by atoms with Gasteiger partial charge in [-0.3, -0.25) is 4.18 Å². The van der Waals surface area contributed by atoms with Gasteiger partial charge in [0, 0.05) is 12.3 Å². The Balaban J connectivity index is 0.00000480. The molecule has 0 aromatic heterocycles. The number of aliphatic hydroxyl groups is 6. The van der Waals surface area contributed by atoms with E-state index in [-0.39, 0.29) is 78.6 Å². The molecule has 1 aliphatic heterocycles. The molecule has 0 bridgehead atoms. The molecule has 5 rings (SSSR count). The van der Waals surface area contributed by atoms with E-state index in [0.29, 0.717) is 25.7 Å². The second kappa shape index (κ2) is 14.1. The van der Waals surface area contributed by atoms with Crippen molar-refractivity contribution in [2.24, 2.45) is 46.3 Å². The van der Waals surface area contributed by atoms with Crippen molar-refractivity contribution in [3.05, 3.63) is 12.2 Å². The maximum atomic E-state index is 12.6. The molecule has 1 unspecified atom stereocenters. The van der Waals surface area contributed by atoms with E-state index < -0.39 is 81.8 Å². The zero-order chi connectivity index (χ0) is 33.3. The van der Waals surface area contributed by atoms with E-state index in [9.17, 15) is 43.6 Å². The van der Waals surface area contributed by atoms with E-state index in [1.54, 1.807) is 0 Å². The molecule has 4 aliphatic carbocycles.